The molecule has 0 radical (unpaired) electrons. The molecule has 1 N–H and O–H groups in total. The van der Waals surface area contributed by atoms with Gasteiger partial charge in [-0.1, -0.05) is 36.4 Å². The monoisotopic (exact) mass is 523 g/mol. The van der Waals surface area contributed by atoms with E-state index in [9.17, 15) is 14.4 Å². The van der Waals surface area contributed by atoms with Gasteiger partial charge in [0.1, 0.15) is 18.4 Å². The molecule has 176 valence electrons. The predicted molar refractivity (Wildman–Crippen MR) is 130 cm³/mol. The molecule has 1 atom stereocenters. The normalized spacial score (nSPS) is 20.7. The van der Waals surface area contributed by atoms with Crippen molar-refractivity contribution in [2.24, 2.45) is 0 Å². The van der Waals surface area contributed by atoms with Gasteiger partial charge < -0.3 is 9.64 Å². The van der Waals surface area contributed by atoms with Crippen LogP contribution < -0.4 is 10.1 Å². The second kappa shape index (κ2) is 9.72. The van der Waals surface area contributed by atoms with E-state index in [1.165, 1.54) is 11.1 Å². The van der Waals surface area contributed by atoms with Crippen LogP contribution in [-0.4, -0.2) is 53.3 Å². The number of carbonyl (C=O) groups excluding carboxylic acids is 3. The third kappa shape index (κ3) is 4.79. The van der Waals surface area contributed by atoms with Crippen LogP contribution in [0.4, 0.5) is 0 Å². The Labute approximate surface area is 206 Å². The lowest BCUT2D eigenvalue weighted by molar-refractivity contribution is -0.136. The summed E-state index contributed by atoms with van der Waals surface area (Å²) in [4.78, 5) is 40.6. The first-order valence-electron chi connectivity index (χ1n) is 11.5. The number of fused-ring (bicyclic) bond motifs is 1. The van der Waals surface area contributed by atoms with Gasteiger partial charge in [0.05, 0.1) is 4.47 Å². The molecule has 1 fully saturated rings. The van der Waals surface area contributed by atoms with Crippen molar-refractivity contribution in [3.05, 3.63) is 75.3 Å². The lowest BCUT2D eigenvalue weighted by Crippen LogP contribution is -2.52. The smallest absolute Gasteiger partial charge is 0.255 e. The minimum absolute atomic E-state index is 0.190. The molecule has 3 aliphatic rings. The predicted octanol–water partition coefficient (Wildman–Crippen LogP) is 3.42. The van der Waals surface area contributed by atoms with Gasteiger partial charge in [-0.2, -0.15) is 0 Å². The molecule has 7 nitrogen and oxygen atoms in total. The van der Waals surface area contributed by atoms with Crippen molar-refractivity contribution in [3.8, 4) is 5.75 Å². The van der Waals surface area contributed by atoms with E-state index < -0.39 is 11.9 Å². The standard InChI is InChI=1S/C26H26BrN3O4/c27-21-13-20-19(15-30(26(20)33)22-6-7-24(31)28-25(22)32)12-23(21)34-16-18-8-10-29(11-9-18)14-17-4-2-1-3-5-17/h1-5,8,12-13,22H,6-7,9-11,14-16H2,(H,28,31,32). The van der Waals surface area contributed by atoms with Crippen LogP contribution in [0.1, 0.15) is 40.7 Å². The van der Waals surface area contributed by atoms with Crippen LogP contribution in [0.25, 0.3) is 0 Å². The highest BCUT2D eigenvalue weighted by molar-refractivity contribution is 9.10. The molecule has 0 spiro atoms. The van der Waals surface area contributed by atoms with Crippen LogP contribution in [0.3, 0.4) is 0 Å². The highest BCUT2D eigenvalue weighted by Crippen LogP contribution is 2.35. The number of hydrogen-bond donors (Lipinski definition) is 1. The molecule has 34 heavy (non-hydrogen) atoms. The molecule has 0 aromatic heterocycles. The topological polar surface area (TPSA) is 79.0 Å². The average Bonchev–Trinajstić information content (AvgIpc) is 3.14. The largest absolute Gasteiger partial charge is 0.488 e. The number of amides is 3. The minimum Gasteiger partial charge on any atom is -0.488 e. The lowest BCUT2D eigenvalue weighted by Gasteiger charge is -2.29. The molecule has 3 heterocycles. The summed E-state index contributed by atoms with van der Waals surface area (Å²) < 4.78 is 6.83. The van der Waals surface area contributed by atoms with Gasteiger partial charge >= 0.3 is 0 Å². The van der Waals surface area contributed by atoms with Crippen molar-refractivity contribution >= 4 is 33.7 Å². The minimum atomic E-state index is -0.619. The van der Waals surface area contributed by atoms with Gasteiger partial charge in [0.15, 0.2) is 0 Å². The fourth-order valence-corrected chi connectivity index (χ4v) is 5.18. The van der Waals surface area contributed by atoms with Gasteiger partial charge in [-0.3, -0.25) is 24.6 Å². The molecule has 2 aromatic carbocycles. The van der Waals surface area contributed by atoms with Crippen LogP contribution in [0.2, 0.25) is 0 Å². The van der Waals surface area contributed by atoms with Crippen molar-refractivity contribution in [1.29, 1.82) is 0 Å². The van der Waals surface area contributed by atoms with E-state index in [0.717, 1.165) is 31.6 Å². The highest BCUT2D eigenvalue weighted by Gasteiger charge is 2.39. The number of imide groups is 1. The van der Waals surface area contributed by atoms with Crippen molar-refractivity contribution in [1.82, 2.24) is 15.1 Å². The van der Waals surface area contributed by atoms with E-state index in [1.54, 1.807) is 11.0 Å². The summed E-state index contributed by atoms with van der Waals surface area (Å²) in [5.74, 6) is -0.197. The molecule has 0 bridgehead atoms. The number of piperidine rings is 1. The van der Waals surface area contributed by atoms with Crippen LogP contribution >= 0.6 is 15.9 Å². The molecule has 2 aromatic rings. The van der Waals surface area contributed by atoms with Crippen molar-refractivity contribution in [2.75, 3.05) is 19.7 Å². The fourth-order valence-electron chi connectivity index (χ4n) is 4.72. The van der Waals surface area contributed by atoms with Crippen LogP contribution in [0, 0.1) is 0 Å². The third-order valence-electron chi connectivity index (χ3n) is 6.63. The molecule has 8 heteroatoms. The molecule has 3 amide bonds. The second-order valence-corrected chi connectivity index (χ2v) is 9.82. The summed E-state index contributed by atoms with van der Waals surface area (Å²) in [5.41, 5.74) is 3.98. The fraction of sp³-hybridized carbons (Fsp3) is 0.346. The number of hydrogen-bond acceptors (Lipinski definition) is 5. The summed E-state index contributed by atoms with van der Waals surface area (Å²) in [5, 5.41) is 2.33. The third-order valence-corrected chi connectivity index (χ3v) is 7.25. The SMILES string of the molecule is O=C1CCC(N2Cc3cc(OCC4=CCN(Cc5ccccc5)CC4)c(Br)cc3C2=O)C(=O)N1. The van der Waals surface area contributed by atoms with Crippen molar-refractivity contribution in [3.63, 3.8) is 0 Å². The Kier molecular flexibility index (Phi) is 6.52. The zero-order chi connectivity index (χ0) is 23.7. The molecule has 0 saturated carbocycles. The second-order valence-electron chi connectivity index (χ2n) is 8.96. The Hall–Kier alpha value is -2.97. The maximum atomic E-state index is 12.9. The zero-order valence-corrected chi connectivity index (χ0v) is 20.3. The van der Waals surface area contributed by atoms with Gasteiger partial charge in [-0.25, -0.2) is 0 Å². The summed E-state index contributed by atoms with van der Waals surface area (Å²) in [6, 6.07) is 13.5. The van der Waals surface area contributed by atoms with E-state index in [0.29, 0.717) is 35.4 Å². The number of nitrogens with one attached hydrogen (secondary N) is 1. The first-order chi connectivity index (χ1) is 16.5. The number of carbonyl (C=O) groups is 3. The zero-order valence-electron chi connectivity index (χ0n) is 18.8. The van der Waals surface area contributed by atoms with Crippen molar-refractivity contribution < 1.29 is 19.1 Å². The first kappa shape index (κ1) is 22.8. The average molecular weight is 524 g/mol. The molecule has 5 rings (SSSR count). The highest BCUT2D eigenvalue weighted by atomic mass is 79.9. The van der Waals surface area contributed by atoms with E-state index in [1.807, 2.05) is 12.1 Å². The summed E-state index contributed by atoms with van der Waals surface area (Å²) in [6.45, 7) is 3.67. The maximum absolute atomic E-state index is 12.9. The Morgan fingerprint density at radius 1 is 1.09 bits per heavy atom. The van der Waals surface area contributed by atoms with Crippen molar-refractivity contribution in [2.45, 2.75) is 38.4 Å². The molecular weight excluding hydrogens is 498 g/mol. The number of halogens is 1. The van der Waals surface area contributed by atoms with Gasteiger partial charge in [-0.15, -0.1) is 0 Å². The Morgan fingerprint density at radius 2 is 1.91 bits per heavy atom. The summed E-state index contributed by atoms with van der Waals surface area (Å²) >= 11 is 3.54. The Balaban J connectivity index is 1.20. The first-order valence-corrected chi connectivity index (χ1v) is 12.3. The summed E-state index contributed by atoms with van der Waals surface area (Å²) in [6.07, 6.45) is 3.79. The number of benzene rings is 2. The molecule has 1 saturated heterocycles. The van der Waals surface area contributed by atoms with E-state index in [2.05, 4.69) is 56.5 Å². The van der Waals surface area contributed by atoms with E-state index >= 15 is 0 Å². The molecule has 3 aliphatic heterocycles. The number of rotatable bonds is 6. The molecule has 1 unspecified atom stereocenters. The van der Waals surface area contributed by atoms with Crippen LogP contribution in [0.5, 0.6) is 5.75 Å². The number of nitrogens with zero attached hydrogens (tertiary/aromatic N) is 2. The maximum Gasteiger partial charge on any atom is 0.255 e. The van der Waals surface area contributed by atoms with Crippen LogP contribution in [-0.2, 0) is 22.7 Å². The lowest BCUT2D eigenvalue weighted by atomic mass is 10.0. The van der Waals surface area contributed by atoms with E-state index in [-0.39, 0.29) is 18.2 Å². The Bertz CT molecular complexity index is 1160. The molecule has 0 aliphatic carbocycles. The van der Waals surface area contributed by atoms with Gasteiger partial charge in [0, 0.05) is 38.2 Å². The number of ether oxygens (including phenoxy) is 1. The summed E-state index contributed by atoms with van der Waals surface area (Å²) in [7, 11) is 0. The molecular formula is C26H26BrN3O4. The van der Waals surface area contributed by atoms with Gasteiger partial charge in [-0.05, 0) is 57.6 Å². The Morgan fingerprint density at radius 3 is 2.65 bits per heavy atom. The quantitative estimate of drug-likeness (QED) is 0.463. The van der Waals surface area contributed by atoms with Gasteiger partial charge in [0.2, 0.25) is 11.8 Å². The van der Waals surface area contributed by atoms with E-state index in [4.69, 9.17) is 4.74 Å². The van der Waals surface area contributed by atoms with Crippen LogP contribution in [0.15, 0.2) is 58.6 Å². The van der Waals surface area contributed by atoms with Gasteiger partial charge in [0.25, 0.3) is 5.91 Å².